The van der Waals surface area contributed by atoms with Crippen molar-refractivity contribution in [2.45, 2.75) is 51.4 Å². The SMILES string of the molecule is O=C(CC1CCCCC1)Nc1cncc(-c2ccc3[nH]nc(-c4cc5c(-c6cc(F)cc(OCCN7CCCC7)c6)nccc5[nH]4)c3n2)c1. The van der Waals surface area contributed by atoms with E-state index >= 15 is 0 Å². The molecule has 6 aromatic rings. The van der Waals surface area contributed by atoms with E-state index in [-0.39, 0.29) is 11.7 Å². The molecule has 0 unspecified atom stereocenters. The predicted octanol–water partition coefficient (Wildman–Crippen LogP) is 7.75. The van der Waals surface area contributed by atoms with Crippen molar-refractivity contribution in [2.24, 2.45) is 5.92 Å². The summed E-state index contributed by atoms with van der Waals surface area (Å²) in [6.45, 7) is 3.51. The molecule has 1 saturated carbocycles. The van der Waals surface area contributed by atoms with Crippen molar-refractivity contribution in [1.29, 1.82) is 0 Å². The molecule has 1 saturated heterocycles. The van der Waals surface area contributed by atoms with E-state index in [4.69, 9.17) is 9.72 Å². The van der Waals surface area contributed by atoms with E-state index in [0.717, 1.165) is 60.2 Å². The molecule has 0 radical (unpaired) electrons. The van der Waals surface area contributed by atoms with Gasteiger partial charge in [-0.05, 0) is 87.2 Å². The molecular formula is C38H39FN8O2. The molecule has 1 amide bonds. The third kappa shape index (κ3) is 6.89. The van der Waals surface area contributed by atoms with Crippen molar-refractivity contribution in [3.8, 4) is 39.7 Å². The highest BCUT2D eigenvalue weighted by molar-refractivity contribution is 5.99. The van der Waals surface area contributed by atoms with E-state index in [1.807, 2.05) is 36.4 Å². The topological polar surface area (TPSA) is 125 Å². The highest BCUT2D eigenvalue weighted by Gasteiger charge is 2.19. The maximum absolute atomic E-state index is 14.8. The molecule has 8 rings (SSSR count). The van der Waals surface area contributed by atoms with Crippen LogP contribution in [0.5, 0.6) is 5.75 Å². The number of carbonyl (C=O) groups is 1. The number of aromatic amines is 2. The zero-order chi connectivity index (χ0) is 33.2. The van der Waals surface area contributed by atoms with Crippen LogP contribution >= 0.6 is 0 Å². The highest BCUT2D eigenvalue weighted by atomic mass is 19.1. The standard InChI is InChI=1S/C38H39FN8O2/c39-27-17-25(19-29(20-27)49-15-14-47-12-4-5-13-47)36-30-21-34(43-32(30)10-11-41-36)38-37-33(45-46-38)9-8-31(44-37)26-18-28(23-40-22-26)42-35(48)16-24-6-2-1-3-7-24/h8-11,17-24,43H,1-7,12-16H2,(H,42,48)(H,45,46). The van der Waals surface area contributed by atoms with Gasteiger partial charge in [-0.25, -0.2) is 9.37 Å². The number of benzene rings is 1. The summed E-state index contributed by atoms with van der Waals surface area (Å²) >= 11 is 0. The number of ether oxygens (including phenoxy) is 1. The summed E-state index contributed by atoms with van der Waals surface area (Å²) in [7, 11) is 0. The molecule has 10 nitrogen and oxygen atoms in total. The first-order valence-corrected chi connectivity index (χ1v) is 17.3. The summed E-state index contributed by atoms with van der Waals surface area (Å²) in [5.41, 5.74) is 7.14. The molecule has 2 aliphatic rings. The molecule has 3 N–H and O–H groups in total. The van der Waals surface area contributed by atoms with E-state index in [1.165, 1.54) is 44.2 Å². The zero-order valence-corrected chi connectivity index (χ0v) is 27.3. The van der Waals surface area contributed by atoms with Crippen LogP contribution in [-0.4, -0.2) is 67.2 Å². The molecule has 5 aromatic heterocycles. The summed E-state index contributed by atoms with van der Waals surface area (Å²) in [4.78, 5) is 32.6. The average molecular weight is 659 g/mol. The van der Waals surface area contributed by atoms with Crippen LogP contribution in [0.1, 0.15) is 51.4 Å². The number of rotatable bonds is 10. The Labute approximate surface area is 283 Å². The minimum Gasteiger partial charge on any atom is -0.492 e. The van der Waals surface area contributed by atoms with Gasteiger partial charge in [0.25, 0.3) is 0 Å². The van der Waals surface area contributed by atoms with Crippen LogP contribution in [0.3, 0.4) is 0 Å². The fourth-order valence-electron chi connectivity index (χ4n) is 7.25. The Hall–Kier alpha value is -5.16. The van der Waals surface area contributed by atoms with Gasteiger partial charge in [-0.2, -0.15) is 5.10 Å². The number of anilines is 1. The van der Waals surface area contributed by atoms with Gasteiger partial charge in [-0.1, -0.05) is 19.3 Å². The lowest BCUT2D eigenvalue weighted by Gasteiger charge is -2.20. The normalized spacial score (nSPS) is 15.7. The van der Waals surface area contributed by atoms with Crippen LogP contribution in [0.15, 0.2) is 67.1 Å². The molecule has 0 bridgehead atoms. The molecule has 1 aromatic carbocycles. The summed E-state index contributed by atoms with van der Waals surface area (Å²) in [5.74, 6) is 0.597. The maximum Gasteiger partial charge on any atom is 0.224 e. The van der Waals surface area contributed by atoms with Gasteiger partial charge >= 0.3 is 0 Å². The van der Waals surface area contributed by atoms with Gasteiger partial charge in [0.2, 0.25) is 5.91 Å². The number of H-pyrrole nitrogens is 2. The summed E-state index contributed by atoms with van der Waals surface area (Å²) in [5, 5.41) is 11.6. The monoisotopic (exact) mass is 658 g/mol. The number of nitrogens with zero attached hydrogens (tertiary/aromatic N) is 5. The number of nitrogens with one attached hydrogen (secondary N) is 3. The quantitative estimate of drug-likeness (QED) is 0.137. The smallest absolute Gasteiger partial charge is 0.224 e. The van der Waals surface area contributed by atoms with E-state index in [2.05, 4.69) is 35.4 Å². The molecule has 0 atom stereocenters. The zero-order valence-electron chi connectivity index (χ0n) is 27.3. The molecule has 49 heavy (non-hydrogen) atoms. The number of hydrogen-bond acceptors (Lipinski definition) is 7. The Morgan fingerprint density at radius 3 is 2.69 bits per heavy atom. The second kappa shape index (κ2) is 13.8. The minimum absolute atomic E-state index is 0.0264. The molecular weight excluding hydrogens is 619 g/mol. The van der Waals surface area contributed by atoms with Crippen LogP contribution in [-0.2, 0) is 4.79 Å². The Kier molecular flexibility index (Phi) is 8.74. The first-order chi connectivity index (χ1) is 24.1. The molecule has 2 fully saturated rings. The van der Waals surface area contributed by atoms with Crippen LogP contribution in [0.4, 0.5) is 10.1 Å². The predicted molar refractivity (Wildman–Crippen MR) is 189 cm³/mol. The average Bonchev–Trinajstić information content (AvgIpc) is 3.88. The third-order valence-corrected chi connectivity index (χ3v) is 9.75. The molecule has 6 heterocycles. The van der Waals surface area contributed by atoms with Gasteiger partial charge in [0.05, 0.1) is 34.5 Å². The van der Waals surface area contributed by atoms with Gasteiger partial charge in [-0.15, -0.1) is 0 Å². The number of carbonyl (C=O) groups excluding carboxylic acids is 1. The lowest BCUT2D eigenvalue weighted by Crippen LogP contribution is -2.25. The number of aromatic nitrogens is 6. The van der Waals surface area contributed by atoms with Gasteiger partial charge in [0.15, 0.2) is 0 Å². The van der Waals surface area contributed by atoms with Crippen molar-refractivity contribution >= 4 is 33.5 Å². The van der Waals surface area contributed by atoms with Gasteiger partial charge < -0.3 is 15.0 Å². The lowest BCUT2D eigenvalue weighted by atomic mass is 9.87. The second-order valence-corrected chi connectivity index (χ2v) is 13.3. The number of amides is 1. The molecule has 1 aliphatic carbocycles. The van der Waals surface area contributed by atoms with Crippen molar-refractivity contribution < 1.29 is 13.9 Å². The van der Waals surface area contributed by atoms with Crippen LogP contribution in [0.25, 0.3) is 55.8 Å². The first kappa shape index (κ1) is 31.1. The summed E-state index contributed by atoms with van der Waals surface area (Å²) in [6, 6.07) is 14.4. The molecule has 0 spiro atoms. The van der Waals surface area contributed by atoms with Gasteiger partial charge in [-0.3, -0.25) is 24.8 Å². The molecule has 1 aliphatic heterocycles. The number of fused-ring (bicyclic) bond motifs is 2. The number of likely N-dealkylation sites (tertiary alicyclic amines) is 1. The fourth-order valence-corrected chi connectivity index (χ4v) is 7.25. The maximum atomic E-state index is 14.8. The van der Waals surface area contributed by atoms with Gasteiger partial charge in [0.1, 0.15) is 29.4 Å². The summed E-state index contributed by atoms with van der Waals surface area (Å²) in [6.07, 6.45) is 14.0. The third-order valence-electron chi connectivity index (χ3n) is 9.75. The van der Waals surface area contributed by atoms with E-state index in [1.54, 1.807) is 18.6 Å². The highest BCUT2D eigenvalue weighted by Crippen LogP contribution is 2.35. The van der Waals surface area contributed by atoms with Crippen LogP contribution in [0.2, 0.25) is 0 Å². The first-order valence-electron chi connectivity index (χ1n) is 17.3. The van der Waals surface area contributed by atoms with Crippen molar-refractivity contribution in [1.82, 2.24) is 35.0 Å². The molecule has 250 valence electrons. The van der Waals surface area contributed by atoms with E-state index in [9.17, 15) is 9.18 Å². The van der Waals surface area contributed by atoms with Crippen molar-refractivity contribution in [2.75, 3.05) is 31.6 Å². The Morgan fingerprint density at radius 1 is 0.939 bits per heavy atom. The van der Waals surface area contributed by atoms with Crippen molar-refractivity contribution in [3.63, 3.8) is 0 Å². The fraction of sp³-hybridized carbons (Fsp3) is 0.342. The Balaban J connectivity index is 1.05. The number of halogens is 1. The molecule has 11 heteroatoms. The number of pyridine rings is 3. The van der Waals surface area contributed by atoms with E-state index in [0.29, 0.717) is 58.5 Å². The lowest BCUT2D eigenvalue weighted by molar-refractivity contribution is -0.117. The Bertz CT molecular complexity index is 2110. The summed E-state index contributed by atoms with van der Waals surface area (Å²) < 4.78 is 20.8. The van der Waals surface area contributed by atoms with E-state index < -0.39 is 0 Å². The largest absolute Gasteiger partial charge is 0.492 e. The van der Waals surface area contributed by atoms with Crippen LogP contribution < -0.4 is 10.1 Å². The van der Waals surface area contributed by atoms with Crippen molar-refractivity contribution in [3.05, 3.63) is 72.9 Å². The Morgan fingerprint density at radius 2 is 1.82 bits per heavy atom. The number of hydrogen-bond donors (Lipinski definition) is 3. The minimum atomic E-state index is -0.374. The second-order valence-electron chi connectivity index (χ2n) is 13.3. The van der Waals surface area contributed by atoms with Crippen LogP contribution in [0, 0.1) is 11.7 Å². The van der Waals surface area contributed by atoms with Gasteiger partial charge in [0, 0.05) is 53.5 Å².